The van der Waals surface area contributed by atoms with Crippen molar-refractivity contribution in [2.24, 2.45) is 18.9 Å². The van der Waals surface area contributed by atoms with E-state index in [9.17, 15) is 23.2 Å². The Morgan fingerprint density at radius 3 is 2.49 bits per heavy atom. The lowest BCUT2D eigenvalue weighted by atomic mass is 9.96. The van der Waals surface area contributed by atoms with Crippen molar-refractivity contribution in [3.05, 3.63) is 76.6 Å². The third kappa shape index (κ3) is 7.45. The zero-order chi connectivity index (χ0) is 34.9. The van der Waals surface area contributed by atoms with E-state index in [1.807, 2.05) is 27.0 Å². The molecule has 4 aromatic rings. The zero-order valence-electron chi connectivity index (χ0n) is 28.1. The van der Waals surface area contributed by atoms with Gasteiger partial charge in [-0.3, -0.25) is 9.69 Å². The highest BCUT2D eigenvalue weighted by Gasteiger charge is 2.41. The van der Waals surface area contributed by atoms with Crippen LogP contribution in [0.25, 0.3) is 22.5 Å². The number of likely N-dealkylation sites (tertiary alicyclic amines) is 1. The molecular weight excluding hydrogens is 631 g/mol. The number of halogens is 3. The summed E-state index contributed by atoms with van der Waals surface area (Å²) in [7, 11) is 3.90. The predicted molar refractivity (Wildman–Crippen MR) is 182 cm³/mol. The Hall–Kier alpha value is -4.80. The number of rotatable bonds is 10. The van der Waals surface area contributed by atoms with Crippen LogP contribution in [0.4, 0.5) is 24.8 Å². The lowest BCUT2D eigenvalue weighted by Gasteiger charge is -2.29. The summed E-state index contributed by atoms with van der Waals surface area (Å²) in [6.07, 6.45) is -1.00. The molecule has 0 aliphatic carbocycles. The summed E-state index contributed by atoms with van der Waals surface area (Å²) in [4.78, 5) is 22.3. The van der Waals surface area contributed by atoms with E-state index in [2.05, 4.69) is 38.8 Å². The van der Waals surface area contributed by atoms with Crippen LogP contribution < -0.4 is 15.5 Å². The molecule has 2 N–H and O–H groups in total. The maximum Gasteiger partial charge on any atom is 0.416 e. The van der Waals surface area contributed by atoms with E-state index in [1.54, 1.807) is 41.2 Å². The fourth-order valence-corrected chi connectivity index (χ4v) is 6.48. The molecule has 13 heteroatoms. The summed E-state index contributed by atoms with van der Waals surface area (Å²) in [5.41, 5.74) is 1.93. The Bertz CT molecular complexity index is 1890. The molecule has 2 aliphatic heterocycles. The third-order valence-corrected chi connectivity index (χ3v) is 9.20. The number of piperidine rings is 1. The van der Waals surface area contributed by atoms with Crippen molar-refractivity contribution in [1.82, 2.24) is 30.0 Å². The molecule has 0 radical (unpaired) electrons. The smallest absolute Gasteiger partial charge is 0.370 e. The summed E-state index contributed by atoms with van der Waals surface area (Å²) < 4.78 is 45.3. The lowest BCUT2D eigenvalue weighted by molar-refractivity contribution is -0.138. The number of hydrogen-bond donors (Lipinski definition) is 2. The van der Waals surface area contributed by atoms with Crippen LogP contribution in [-0.2, 0) is 26.3 Å². The van der Waals surface area contributed by atoms with Crippen LogP contribution in [0.15, 0.2) is 48.8 Å². The van der Waals surface area contributed by atoms with Crippen molar-refractivity contribution in [2.45, 2.75) is 46.0 Å². The first kappa shape index (κ1) is 34.1. The first-order valence-electron chi connectivity index (χ1n) is 16.5. The summed E-state index contributed by atoms with van der Waals surface area (Å²) in [5, 5.41) is 24.6. The highest BCUT2D eigenvalue weighted by atomic mass is 19.4. The van der Waals surface area contributed by atoms with Crippen LogP contribution in [0.5, 0.6) is 0 Å². The van der Waals surface area contributed by atoms with E-state index in [0.717, 1.165) is 32.0 Å². The Morgan fingerprint density at radius 2 is 1.82 bits per heavy atom. The van der Waals surface area contributed by atoms with E-state index in [-0.39, 0.29) is 36.0 Å². The van der Waals surface area contributed by atoms with Crippen LogP contribution in [0.1, 0.15) is 59.3 Å². The van der Waals surface area contributed by atoms with Crippen molar-refractivity contribution < 1.29 is 18.0 Å². The van der Waals surface area contributed by atoms with Gasteiger partial charge in [0.2, 0.25) is 0 Å². The predicted octanol–water partition coefficient (Wildman–Crippen LogP) is 6.09. The molecule has 2 aromatic heterocycles. The number of amides is 1. The molecule has 1 amide bonds. The molecule has 2 aromatic carbocycles. The van der Waals surface area contributed by atoms with Gasteiger partial charge >= 0.3 is 6.18 Å². The minimum Gasteiger partial charge on any atom is -0.370 e. The molecule has 10 nitrogen and oxygen atoms in total. The van der Waals surface area contributed by atoms with Crippen molar-refractivity contribution >= 4 is 17.5 Å². The quantitative estimate of drug-likeness (QED) is 0.208. The van der Waals surface area contributed by atoms with Gasteiger partial charge in [0.05, 0.1) is 23.7 Å². The molecule has 4 heterocycles. The van der Waals surface area contributed by atoms with Gasteiger partial charge in [-0.05, 0) is 116 Å². The van der Waals surface area contributed by atoms with Gasteiger partial charge in [-0.1, -0.05) is 13.8 Å². The van der Waals surface area contributed by atoms with Crippen LogP contribution >= 0.6 is 0 Å². The molecule has 0 atom stereocenters. The maximum atomic E-state index is 14.5. The van der Waals surface area contributed by atoms with Crippen LogP contribution in [0.2, 0.25) is 0 Å². The van der Waals surface area contributed by atoms with Crippen molar-refractivity contribution in [3.63, 3.8) is 0 Å². The topological polar surface area (TPSA) is 115 Å². The van der Waals surface area contributed by atoms with Gasteiger partial charge in [-0.15, -0.1) is 10.2 Å². The van der Waals surface area contributed by atoms with Crippen molar-refractivity contribution in [2.75, 3.05) is 43.4 Å². The molecule has 1 fully saturated rings. The molecule has 1 saturated heterocycles. The number of alkyl halides is 3. The summed E-state index contributed by atoms with van der Waals surface area (Å²) >= 11 is 0. The van der Waals surface area contributed by atoms with Crippen LogP contribution in [0, 0.1) is 23.2 Å². The molecule has 0 spiro atoms. The second-order valence-corrected chi connectivity index (χ2v) is 13.4. The number of carbonyl (C=O) groups is 1. The maximum absolute atomic E-state index is 14.5. The molecule has 49 heavy (non-hydrogen) atoms. The number of carbonyl (C=O) groups excluding carboxylic acids is 1. The number of nitriles is 1. The van der Waals surface area contributed by atoms with Crippen LogP contribution in [-0.4, -0.2) is 63.8 Å². The minimum absolute atomic E-state index is 0.0288. The second kappa shape index (κ2) is 14.0. The Balaban J connectivity index is 1.37. The molecule has 0 unspecified atom stereocenters. The number of benzene rings is 2. The number of aromatic nitrogens is 4. The second-order valence-electron chi connectivity index (χ2n) is 13.4. The first-order chi connectivity index (χ1) is 23.4. The Morgan fingerprint density at radius 1 is 1.04 bits per heavy atom. The molecule has 256 valence electrons. The number of fused-ring (bicyclic) bond motifs is 1. The highest BCUT2D eigenvalue weighted by molar-refractivity contribution is 6.10. The number of nitrogens with zero attached hydrogens (tertiary/aromatic N) is 7. The molecule has 0 bridgehead atoms. The van der Waals surface area contributed by atoms with E-state index in [0.29, 0.717) is 58.5 Å². The molecule has 2 aliphatic rings. The van der Waals surface area contributed by atoms with Gasteiger partial charge in [0.25, 0.3) is 5.91 Å². The standard InChI is InChI=1S/C36H40F3N9O/c1-22(2)17-42-32-14-26(28-11-24(16-40)5-6-27(28)34-45-43-21-47(34)4)15-33(44-32)48-20-30-29(35(48)49)12-25(13-31(30)36(37,38)39)19-41-18-23-7-9-46(3)10-8-23/h5-6,11-15,21-23,41H,7-10,17-20H2,1-4H3,(H,42,44). The van der Waals surface area contributed by atoms with Gasteiger partial charge in [0.1, 0.15) is 18.0 Å². The number of anilines is 2. The van der Waals surface area contributed by atoms with Gasteiger partial charge in [0, 0.05) is 31.3 Å². The minimum atomic E-state index is -4.65. The number of pyridine rings is 1. The summed E-state index contributed by atoms with van der Waals surface area (Å²) in [5.74, 6) is 1.40. The molecular formula is C36H40F3N9O. The Kier molecular flexibility index (Phi) is 9.72. The lowest BCUT2D eigenvalue weighted by Crippen LogP contribution is -2.34. The third-order valence-electron chi connectivity index (χ3n) is 9.20. The van der Waals surface area contributed by atoms with Gasteiger partial charge < -0.3 is 20.1 Å². The molecule has 0 saturated carbocycles. The Labute approximate surface area is 284 Å². The van der Waals surface area contributed by atoms with Crippen molar-refractivity contribution in [3.8, 4) is 28.6 Å². The fraction of sp³-hybridized carbons (Fsp3) is 0.417. The zero-order valence-corrected chi connectivity index (χ0v) is 28.1. The normalized spacial score (nSPS) is 15.6. The van der Waals surface area contributed by atoms with Gasteiger partial charge in [0.15, 0.2) is 5.82 Å². The molecule has 6 rings (SSSR count). The highest BCUT2D eigenvalue weighted by Crippen LogP contribution is 2.41. The summed E-state index contributed by atoms with van der Waals surface area (Å²) in [6.45, 7) is 7.32. The fourth-order valence-electron chi connectivity index (χ4n) is 6.48. The number of aryl methyl sites for hydroxylation is 1. The van der Waals surface area contributed by atoms with Gasteiger partial charge in [-0.2, -0.15) is 18.4 Å². The first-order valence-corrected chi connectivity index (χ1v) is 16.5. The average Bonchev–Trinajstić information content (AvgIpc) is 3.65. The van der Waals surface area contributed by atoms with Crippen molar-refractivity contribution in [1.29, 1.82) is 5.26 Å². The number of nitrogens with one attached hydrogen (secondary N) is 2. The largest absolute Gasteiger partial charge is 0.416 e. The van der Waals surface area contributed by atoms with Gasteiger partial charge in [-0.25, -0.2) is 4.98 Å². The van der Waals surface area contributed by atoms with E-state index in [4.69, 9.17) is 4.98 Å². The number of hydrogen-bond acceptors (Lipinski definition) is 8. The average molecular weight is 672 g/mol. The van der Waals surface area contributed by atoms with E-state index >= 15 is 0 Å². The van der Waals surface area contributed by atoms with E-state index in [1.165, 1.54) is 4.90 Å². The van der Waals surface area contributed by atoms with E-state index < -0.39 is 17.6 Å². The summed E-state index contributed by atoms with van der Waals surface area (Å²) in [6, 6.07) is 13.6. The monoisotopic (exact) mass is 671 g/mol. The van der Waals surface area contributed by atoms with Crippen LogP contribution in [0.3, 0.4) is 0 Å². The SMILES string of the molecule is CC(C)CNc1cc(-c2cc(C#N)ccc2-c2nncn2C)cc(N2Cc3c(cc(CNCC4CCN(C)CC4)cc3C(F)(F)F)C2=O)n1.